The van der Waals surface area contributed by atoms with Crippen molar-refractivity contribution in [1.29, 1.82) is 0 Å². The highest BCUT2D eigenvalue weighted by molar-refractivity contribution is 5.16. The number of methoxy groups -OCH3 is 1. The lowest BCUT2D eigenvalue weighted by molar-refractivity contribution is 0.362. The highest BCUT2D eigenvalue weighted by atomic mass is 16.5. The number of nitrogens with one attached hydrogen (secondary N) is 1. The number of ether oxygens (including phenoxy) is 1. The van der Waals surface area contributed by atoms with Gasteiger partial charge in [-0.1, -0.05) is 19.9 Å². The molecule has 3 heterocycles. The number of rotatable bonds is 5. The van der Waals surface area contributed by atoms with E-state index in [0.29, 0.717) is 18.3 Å². The molecule has 1 N–H and O–H groups in total. The second-order valence-electron chi connectivity index (χ2n) is 5.95. The largest absolute Gasteiger partial charge is 0.481 e. The van der Waals surface area contributed by atoms with Crippen LogP contribution < -0.4 is 10.1 Å². The Morgan fingerprint density at radius 1 is 1.36 bits per heavy atom. The smallest absolute Gasteiger partial charge is 0.213 e. The minimum Gasteiger partial charge on any atom is -0.481 e. The van der Waals surface area contributed by atoms with E-state index < -0.39 is 0 Å². The number of hydrogen-bond donors (Lipinski definition) is 1. The van der Waals surface area contributed by atoms with Gasteiger partial charge in [0.25, 0.3) is 0 Å². The fourth-order valence-electron chi connectivity index (χ4n) is 2.70. The third-order valence-corrected chi connectivity index (χ3v) is 3.93. The molecule has 1 aliphatic heterocycles. The summed E-state index contributed by atoms with van der Waals surface area (Å²) >= 11 is 0. The Bertz CT molecular complexity index is 637. The van der Waals surface area contributed by atoms with Crippen molar-refractivity contribution in [2.75, 3.05) is 7.11 Å². The Morgan fingerprint density at radius 2 is 2.23 bits per heavy atom. The molecule has 22 heavy (non-hydrogen) atoms. The van der Waals surface area contributed by atoms with Crippen molar-refractivity contribution >= 4 is 0 Å². The summed E-state index contributed by atoms with van der Waals surface area (Å²) in [4.78, 5) is 9.16. The minimum atomic E-state index is 0.238. The summed E-state index contributed by atoms with van der Waals surface area (Å²) in [6.45, 7) is 5.92. The molecule has 0 saturated heterocycles. The van der Waals surface area contributed by atoms with Crippen molar-refractivity contribution in [2.45, 2.75) is 51.7 Å². The topological polar surface area (TPSA) is 64.9 Å². The normalized spacial score (nSPS) is 17.5. The van der Waals surface area contributed by atoms with Crippen LogP contribution in [0.2, 0.25) is 0 Å². The van der Waals surface area contributed by atoms with E-state index in [1.807, 2.05) is 18.2 Å². The van der Waals surface area contributed by atoms with Crippen molar-refractivity contribution in [3.05, 3.63) is 35.5 Å². The molecular weight excluding hydrogens is 278 g/mol. The average molecular weight is 301 g/mol. The lowest BCUT2D eigenvalue weighted by atomic mass is 10.1. The molecule has 0 aromatic carbocycles. The third-order valence-electron chi connectivity index (χ3n) is 3.93. The summed E-state index contributed by atoms with van der Waals surface area (Å²) in [7, 11) is 1.64. The Morgan fingerprint density at radius 3 is 3.00 bits per heavy atom. The van der Waals surface area contributed by atoms with Crippen molar-refractivity contribution < 1.29 is 4.74 Å². The molecule has 0 fully saturated rings. The number of aromatic nitrogens is 4. The van der Waals surface area contributed by atoms with Gasteiger partial charge in [-0.3, -0.25) is 0 Å². The number of fused-ring (bicyclic) bond motifs is 1. The SMILES string of the molecule is COc1cccc(CN[C@H]2CCCn3nc(C(C)C)nc32)n1. The van der Waals surface area contributed by atoms with Gasteiger partial charge in [-0.15, -0.1) is 0 Å². The van der Waals surface area contributed by atoms with Crippen molar-refractivity contribution in [1.82, 2.24) is 25.1 Å². The van der Waals surface area contributed by atoms with Crippen LogP contribution in [0.15, 0.2) is 18.2 Å². The molecule has 0 amide bonds. The Kier molecular flexibility index (Phi) is 4.38. The predicted molar refractivity (Wildman–Crippen MR) is 83.7 cm³/mol. The molecule has 2 aromatic rings. The summed E-state index contributed by atoms with van der Waals surface area (Å²) in [5, 5.41) is 8.17. The van der Waals surface area contributed by atoms with Crippen LogP contribution in [-0.2, 0) is 13.1 Å². The van der Waals surface area contributed by atoms with Gasteiger partial charge in [-0.05, 0) is 18.9 Å². The lowest BCUT2D eigenvalue weighted by Gasteiger charge is -2.23. The standard InChI is InChI=1S/C16H23N5O/c1-11(2)15-19-16-13(7-5-9-21(16)20-15)17-10-12-6-4-8-14(18-12)22-3/h4,6,8,11,13,17H,5,7,9-10H2,1-3H3/t13-/m0/s1. The molecule has 0 spiro atoms. The summed E-state index contributed by atoms with van der Waals surface area (Å²) in [6.07, 6.45) is 2.21. The van der Waals surface area contributed by atoms with Gasteiger partial charge < -0.3 is 10.1 Å². The lowest BCUT2D eigenvalue weighted by Crippen LogP contribution is -2.28. The van der Waals surface area contributed by atoms with Crippen LogP contribution in [0, 0.1) is 0 Å². The van der Waals surface area contributed by atoms with E-state index in [9.17, 15) is 0 Å². The zero-order chi connectivity index (χ0) is 15.5. The van der Waals surface area contributed by atoms with Gasteiger partial charge in [0.1, 0.15) is 5.82 Å². The first-order chi connectivity index (χ1) is 10.7. The maximum atomic E-state index is 5.17. The van der Waals surface area contributed by atoms with Crippen LogP contribution in [-0.4, -0.2) is 26.9 Å². The summed E-state index contributed by atoms with van der Waals surface area (Å²) in [6, 6.07) is 6.06. The number of nitrogens with zero attached hydrogens (tertiary/aromatic N) is 4. The van der Waals surface area contributed by atoms with Crippen LogP contribution in [0.25, 0.3) is 0 Å². The maximum Gasteiger partial charge on any atom is 0.213 e. The Balaban J connectivity index is 1.71. The maximum absolute atomic E-state index is 5.17. The predicted octanol–water partition coefficient (Wildman–Crippen LogP) is 2.43. The van der Waals surface area contributed by atoms with E-state index in [2.05, 4.69) is 33.9 Å². The molecule has 0 saturated carbocycles. The van der Waals surface area contributed by atoms with Gasteiger partial charge in [-0.2, -0.15) is 5.10 Å². The van der Waals surface area contributed by atoms with Gasteiger partial charge in [0.2, 0.25) is 5.88 Å². The molecule has 118 valence electrons. The summed E-state index contributed by atoms with van der Waals surface area (Å²) < 4.78 is 7.22. The highest BCUT2D eigenvalue weighted by Gasteiger charge is 2.24. The van der Waals surface area contributed by atoms with Crippen molar-refractivity contribution in [3.8, 4) is 5.88 Å². The zero-order valence-electron chi connectivity index (χ0n) is 13.4. The van der Waals surface area contributed by atoms with Crippen molar-refractivity contribution in [3.63, 3.8) is 0 Å². The molecule has 0 bridgehead atoms. The molecule has 3 rings (SSSR count). The van der Waals surface area contributed by atoms with Gasteiger partial charge >= 0.3 is 0 Å². The first-order valence-electron chi connectivity index (χ1n) is 7.85. The molecule has 0 radical (unpaired) electrons. The van der Waals surface area contributed by atoms with Crippen LogP contribution in [0.1, 0.15) is 56.0 Å². The second-order valence-corrected chi connectivity index (χ2v) is 5.95. The molecular formula is C16H23N5O. The summed E-state index contributed by atoms with van der Waals surface area (Å²) in [5.74, 6) is 2.99. The van der Waals surface area contributed by atoms with E-state index in [-0.39, 0.29) is 6.04 Å². The van der Waals surface area contributed by atoms with Crippen LogP contribution >= 0.6 is 0 Å². The fraction of sp³-hybridized carbons (Fsp3) is 0.562. The fourth-order valence-corrected chi connectivity index (χ4v) is 2.70. The van der Waals surface area contributed by atoms with Gasteiger partial charge in [0.15, 0.2) is 5.82 Å². The first kappa shape index (κ1) is 15.0. The second kappa shape index (κ2) is 6.44. The first-order valence-corrected chi connectivity index (χ1v) is 7.85. The minimum absolute atomic E-state index is 0.238. The molecule has 0 unspecified atom stereocenters. The number of hydrogen-bond acceptors (Lipinski definition) is 5. The van der Waals surface area contributed by atoms with Gasteiger partial charge in [0, 0.05) is 25.1 Å². The van der Waals surface area contributed by atoms with E-state index in [1.165, 1.54) is 0 Å². The van der Waals surface area contributed by atoms with Crippen LogP contribution in [0.3, 0.4) is 0 Å². The Hall–Kier alpha value is -1.95. The van der Waals surface area contributed by atoms with Crippen LogP contribution in [0.4, 0.5) is 0 Å². The number of pyridine rings is 1. The molecule has 6 nitrogen and oxygen atoms in total. The molecule has 6 heteroatoms. The number of aryl methyl sites for hydroxylation is 1. The quantitative estimate of drug-likeness (QED) is 0.919. The van der Waals surface area contributed by atoms with Gasteiger partial charge in [-0.25, -0.2) is 14.6 Å². The monoisotopic (exact) mass is 301 g/mol. The van der Waals surface area contributed by atoms with Crippen LogP contribution in [0.5, 0.6) is 5.88 Å². The zero-order valence-corrected chi connectivity index (χ0v) is 13.4. The van der Waals surface area contributed by atoms with Gasteiger partial charge in [0.05, 0.1) is 18.8 Å². The molecule has 1 aliphatic rings. The molecule has 1 atom stereocenters. The highest BCUT2D eigenvalue weighted by Crippen LogP contribution is 2.25. The molecule has 2 aromatic heterocycles. The van der Waals surface area contributed by atoms with Crippen molar-refractivity contribution in [2.24, 2.45) is 0 Å². The molecule has 0 aliphatic carbocycles. The summed E-state index contributed by atoms with van der Waals surface area (Å²) in [5.41, 5.74) is 0.972. The Labute approximate surface area is 130 Å². The van der Waals surface area contributed by atoms with E-state index in [4.69, 9.17) is 9.72 Å². The van der Waals surface area contributed by atoms with E-state index in [1.54, 1.807) is 7.11 Å². The van der Waals surface area contributed by atoms with E-state index >= 15 is 0 Å². The van der Waals surface area contributed by atoms with E-state index in [0.717, 1.165) is 36.7 Å². The third kappa shape index (κ3) is 3.11. The average Bonchev–Trinajstić information content (AvgIpc) is 2.98.